The van der Waals surface area contributed by atoms with E-state index in [1.807, 2.05) is 19.1 Å². The maximum Gasteiger partial charge on any atom is 0.191 e. The molecule has 6 heteroatoms. The maximum absolute atomic E-state index is 13.8. The number of hydrogen-bond acceptors (Lipinski definition) is 3. The van der Waals surface area contributed by atoms with Gasteiger partial charge >= 0.3 is 0 Å². The summed E-state index contributed by atoms with van der Waals surface area (Å²) < 4.78 is 13.8. The maximum atomic E-state index is 13.8. The Morgan fingerprint density at radius 1 is 1.27 bits per heavy atom. The third-order valence-electron chi connectivity index (χ3n) is 4.89. The molecule has 1 fully saturated rings. The fourth-order valence-corrected chi connectivity index (χ4v) is 3.11. The van der Waals surface area contributed by atoms with Gasteiger partial charge in [-0.2, -0.15) is 0 Å². The highest BCUT2D eigenvalue weighted by atomic mass is 19.1. The van der Waals surface area contributed by atoms with E-state index in [1.165, 1.54) is 13.0 Å². The summed E-state index contributed by atoms with van der Waals surface area (Å²) in [5, 5.41) is 6.67. The number of benzene rings is 1. The van der Waals surface area contributed by atoms with Gasteiger partial charge in [0.05, 0.1) is 12.6 Å². The molecule has 1 aromatic carbocycles. The molecular weight excluding hydrogens is 329 g/mol. The van der Waals surface area contributed by atoms with E-state index in [2.05, 4.69) is 34.4 Å². The van der Waals surface area contributed by atoms with Crippen LogP contribution in [0.25, 0.3) is 0 Å². The fourth-order valence-electron chi connectivity index (χ4n) is 3.11. The average molecular weight is 364 g/mol. The minimum Gasteiger partial charge on any atom is -0.357 e. The second-order valence-corrected chi connectivity index (χ2v) is 7.13. The molecule has 2 rings (SSSR count). The molecule has 0 saturated carbocycles. The van der Waals surface area contributed by atoms with Crippen molar-refractivity contribution in [2.45, 2.75) is 33.2 Å². The predicted octanol–water partition coefficient (Wildman–Crippen LogP) is 2.39. The minimum atomic E-state index is -0.163. The smallest absolute Gasteiger partial charge is 0.191 e. The molecule has 1 aromatic rings. The molecule has 0 aliphatic carbocycles. The molecule has 0 amide bonds. The Hall–Kier alpha value is -1.66. The van der Waals surface area contributed by atoms with Gasteiger partial charge in [-0.05, 0) is 64.5 Å². The van der Waals surface area contributed by atoms with Gasteiger partial charge in [-0.1, -0.05) is 12.1 Å². The van der Waals surface area contributed by atoms with Gasteiger partial charge in [0.15, 0.2) is 5.96 Å². The first-order chi connectivity index (χ1) is 12.5. The summed E-state index contributed by atoms with van der Waals surface area (Å²) in [5.74, 6) is 0.622. The minimum absolute atomic E-state index is 0.00487. The van der Waals surface area contributed by atoms with E-state index in [4.69, 9.17) is 4.99 Å². The first-order valence-electron chi connectivity index (χ1n) is 9.71. The number of likely N-dealkylation sites (N-methyl/N-ethyl adjacent to an activating group) is 1. The van der Waals surface area contributed by atoms with E-state index >= 15 is 0 Å². The molecule has 1 aliphatic heterocycles. The lowest BCUT2D eigenvalue weighted by Crippen LogP contribution is -2.39. The molecule has 1 unspecified atom stereocenters. The molecule has 1 atom stereocenters. The molecule has 0 bridgehead atoms. The van der Waals surface area contributed by atoms with Crippen molar-refractivity contribution in [3.8, 4) is 0 Å². The Morgan fingerprint density at radius 2 is 2.08 bits per heavy atom. The average Bonchev–Trinajstić information content (AvgIpc) is 2.82. The number of aliphatic imine (C=N–C) groups is 1. The highest BCUT2D eigenvalue weighted by Gasteiger charge is 2.12. The molecule has 0 aromatic heterocycles. The van der Waals surface area contributed by atoms with Gasteiger partial charge in [-0.3, -0.25) is 4.99 Å². The number of aryl methyl sites for hydroxylation is 1. The van der Waals surface area contributed by atoms with E-state index < -0.39 is 0 Å². The van der Waals surface area contributed by atoms with Crippen molar-refractivity contribution in [3.63, 3.8) is 0 Å². The monoisotopic (exact) mass is 363 g/mol. The van der Waals surface area contributed by atoms with Crippen LogP contribution in [0.4, 0.5) is 4.39 Å². The topological polar surface area (TPSA) is 42.9 Å². The molecule has 26 heavy (non-hydrogen) atoms. The van der Waals surface area contributed by atoms with E-state index in [0.29, 0.717) is 5.56 Å². The Labute approximate surface area is 157 Å². The van der Waals surface area contributed by atoms with E-state index in [-0.39, 0.29) is 11.9 Å². The molecule has 1 saturated heterocycles. The SMILES string of the molecule is CCNC(=NCCN1CCCN(C)CC1)NC(C)c1ccc(C)c(F)c1. The Bertz CT molecular complexity index is 590. The summed E-state index contributed by atoms with van der Waals surface area (Å²) in [6, 6.07) is 5.38. The zero-order valence-corrected chi connectivity index (χ0v) is 16.7. The Morgan fingerprint density at radius 3 is 2.81 bits per heavy atom. The van der Waals surface area contributed by atoms with Crippen molar-refractivity contribution in [3.05, 3.63) is 35.1 Å². The summed E-state index contributed by atoms with van der Waals surface area (Å²) in [5.41, 5.74) is 1.60. The molecule has 1 heterocycles. The van der Waals surface area contributed by atoms with Crippen molar-refractivity contribution in [1.29, 1.82) is 0 Å². The normalized spacial score (nSPS) is 18.4. The summed E-state index contributed by atoms with van der Waals surface area (Å²) in [4.78, 5) is 9.58. The number of halogens is 1. The summed E-state index contributed by atoms with van der Waals surface area (Å²) in [7, 11) is 2.18. The third-order valence-corrected chi connectivity index (χ3v) is 4.89. The van der Waals surface area contributed by atoms with E-state index in [9.17, 15) is 4.39 Å². The standard InChI is InChI=1S/C20H34FN5/c1-5-22-20(23-9-12-26-11-6-10-25(4)13-14-26)24-17(3)18-8-7-16(2)19(21)15-18/h7-8,15,17H,5-6,9-14H2,1-4H3,(H2,22,23,24). The molecule has 0 spiro atoms. The summed E-state index contributed by atoms with van der Waals surface area (Å²) in [6.45, 7) is 12.9. The van der Waals surface area contributed by atoms with Gasteiger partial charge < -0.3 is 20.4 Å². The van der Waals surface area contributed by atoms with Crippen LogP contribution in [0.1, 0.15) is 37.4 Å². The summed E-state index contributed by atoms with van der Waals surface area (Å²) >= 11 is 0. The summed E-state index contributed by atoms with van der Waals surface area (Å²) in [6.07, 6.45) is 1.22. The van der Waals surface area contributed by atoms with Crippen LogP contribution in [0, 0.1) is 12.7 Å². The van der Waals surface area contributed by atoms with Crippen molar-refractivity contribution < 1.29 is 4.39 Å². The van der Waals surface area contributed by atoms with Gasteiger partial charge in [0.1, 0.15) is 5.82 Å². The zero-order chi connectivity index (χ0) is 18.9. The quantitative estimate of drug-likeness (QED) is 0.602. The Balaban J connectivity index is 1.89. The van der Waals surface area contributed by atoms with Gasteiger partial charge in [0.25, 0.3) is 0 Å². The van der Waals surface area contributed by atoms with Crippen molar-refractivity contribution in [1.82, 2.24) is 20.4 Å². The highest BCUT2D eigenvalue weighted by molar-refractivity contribution is 5.80. The lowest BCUT2D eigenvalue weighted by atomic mass is 10.1. The van der Waals surface area contributed by atoms with Crippen LogP contribution in [-0.2, 0) is 0 Å². The third kappa shape index (κ3) is 6.57. The van der Waals surface area contributed by atoms with Crippen LogP contribution >= 0.6 is 0 Å². The van der Waals surface area contributed by atoms with Crippen LogP contribution in [0.3, 0.4) is 0 Å². The molecule has 0 radical (unpaired) electrons. The van der Waals surface area contributed by atoms with Gasteiger partial charge in [0, 0.05) is 26.2 Å². The number of nitrogens with zero attached hydrogens (tertiary/aromatic N) is 3. The second kappa shape index (κ2) is 10.5. The number of rotatable bonds is 6. The van der Waals surface area contributed by atoms with Crippen molar-refractivity contribution >= 4 is 5.96 Å². The lowest BCUT2D eigenvalue weighted by Gasteiger charge is -2.21. The van der Waals surface area contributed by atoms with E-state index in [0.717, 1.165) is 50.8 Å². The van der Waals surface area contributed by atoms with Crippen molar-refractivity contribution in [2.24, 2.45) is 4.99 Å². The first-order valence-corrected chi connectivity index (χ1v) is 9.71. The molecule has 5 nitrogen and oxygen atoms in total. The van der Waals surface area contributed by atoms with Crippen molar-refractivity contribution in [2.75, 3.05) is 52.9 Å². The largest absolute Gasteiger partial charge is 0.357 e. The zero-order valence-electron chi connectivity index (χ0n) is 16.7. The Kier molecular flexibility index (Phi) is 8.32. The van der Waals surface area contributed by atoms with Crippen LogP contribution in [-0.4, -0.2) is 68.6 Å². The van der Waals surface area contributed by atoms with Gasteiger partial charge in [0.2, 0.25) is 0 Å². The number of hydrogen-bond donors (Lipinski definition) is 2. The second-order valence-electron chi connectivity index (χ2n) is 7.13. The van der Waals surface area contributed by atoms with Gasteiger partial charge in [-0.25, -0.2) is 4.39 Å². The van der Waals surface area contributed by atoms with E-state index in [1.54, 1.807) is 13.0 Å². The first kappa shape index (κ1) is 20.6. The van der Waals surface area contributed by atoms with Crippen LogP contribution in [0.2, 0.25) is 0 Å². The number of guanidine groups is 1. The van der Waals surface area contributed by atoms with Gasteiger partial charge in [-0.15, -0.1) is 0 Å². The number of nitrogens with one attached hydrogen (secondary N) is 2. The lowest BCUT2D eigenvalue weighted by molar-refractivity contribution is 0.283. The van der Waals surface area contributed by atoms with Crippen LogP contribution in [0.15, 0.2) is 23.2 Å². The van der Waals surface area contributed by atoms with Crippen LogP contribution < -0.4 is 10.6 Å². The molecule has 1 aliphatic rings. The molecular formula is C20H34FN5. The predicted molar refractivity (Wildman–Crippen MR) is 107 cm³/mol. The van der Waals surface area contributed by atoms with Crippen LogP contribution in [0.5, 0.6) is 0 Å². The highest BCUT2D eigenvalue weighted by Crippen LogP contribution is 2.16. The molecule has 2 N–H and O–H groups in total. The molecule has 146 valence electrons. The fraction of sp³-hybridized carbons (Fsp3) is 0.650.